The summed E-state index contributed by atoms with van der Waals surface area (Å²) >= 11 is 0. The van der Waals surface area contributed by atoms with Crippen LogP contribution in [0.15, 0.2) is 18.2 Å². The summed E-state index contributed by atoms with van der Waals surface area (Å²) in [6.07, 6.45) is 3.85. The Bertz CT molecular complexity index is 933. The number of carbonyl (C=O) groups excluding carboxylic acids is 2. The third-order valence-corrected chi connectivity index (χ3v) is 7.11. The van der Waals surface area contributed by atoms with Gasteiger partial charge in [-0.3, -0.25) is 10.1 Å². The molecule has 0 aromatic heterocycles. The van der Waals surface area contributed by atoms with Gasteiger partial charge in [0.05, 0.1) is 12.4 Å². The van der Waals surface area contributed by atoms with E-state index in [0.29, 0.717) is 43.9 Å². The summed E-state index contributed by atoms with van der Waals surface area (Å²) in [5.74, 6) is -0.219. The second-order valence-corrected chi connectivity index (χ2v) is 10.8. The average Bonchev–Trinajstić information content (AvgIpc) is 3.49. The van der Waals surface area contributed by atoms with Gasteiger partial charge >= 0.3 is 6.03 Å². The number of sulfonamides is 1. The third-order valence-electron chi connectivity index (χ3n) is 5.67. The number of nitrogens with one attached hydrogen (secondary N) is 2. The fraction of sp³-hybridized carbons (Fsp3) is 0.636. The number of benzene rings is 1. The molecule has 1 aliphatic carbocycles. The van der Waals surface area contributed by atoms with Crippen molar-refractivity contribution in [3.63, 3.8) is 0 Å². The van der Waals surface area contributed by atoms with Crippen LogP contribution in [0.4, 0.5) is 9.18 Å². The summed E-state index contributed by atoms with van der Waals surface area (Å²) in [6.45, 7) is 4.76. The van der Waals surface area contributed by atoms with Crippen molar-refractivity contribution in [2.45, 2.75) is 52.0 Å². The Hall–Kier alpha value is -2.20. The fourth-order valence-corrected chi connectivity index (χ4v) is 5.09. The number of ether oxygens (including phenoxy) is 1. The highest BCUT2D eigenvalue weighted by atomic mass is 32.2. The van der Waals surface area contributed by atoms with Crippen molar-refractivity contribution in [1.82, 2.24) is 14.9 Å². The quantitative estimate of drug-likeness (QED) is 0.341. The predicted octanol–water partition coefficient (Wildman–Crippen LogP) is 2.95. The number of amides is 3. The van der Waals surface area contributed by atoms with Crippen LogP contribution < -0.4 is 14.8 Å². The number of urea groups is 1. The first-order chi connectivity index (χ1) is 15.1. The van der Waals surface area contributed by atoms with Crippen molar-refractivity contribution < 1.29 is 27.1 Å². The largest absolute Gasteiger partial charge is 0.490 e. The van der Waals surface area contributed by atoms with E-state index >= 15 is 0 Å². The van der Waals surface area contributed by atoms with Crippen LogP contribution in [-0.2, 0) is 14.8 Å². The average molecular weight is 470 g/mol. The van der Waals surface area contributed by atoms with E-state index in [-0.39, 0.29) is 29.9 Å². The van der Waals surface area contributed by atoms with Gasteiger partial charge in [0.25, 0.3) is 0 Å². The molecule has 3 amide bonds. The number of hydrogen-bond acceptors (Lipinski definition) is 5. The number of unbranched alkanes of at least 4 members (excludes halogenated alkanes) is 2. The number of imide groups is 1. The molecule has 178 valence electrons. The number of rotatable bonds is 13. The molecular weight excluding hydrogens is 437 g/mol. The van der Waals surface area contributed by atoms with Gasteiger partial charge in [-0.2, -0.15) is 0 Å². The Balaban J connectivity index is 1.51. The lowest BCUT2D eigenvalue weighted by atomic mass is 9.97. The molecule has 1 atom stereocenters. The van der Waals surface area contributed by atoms with E-state index < -0.39 is 27.9 Å². The van der Waals surface area contributed by atoms with Crippen molar-refractivity contribution in [2.24, 2.45) is 11.8 Å². The second-order valence-electron chi connectivity index (χ2n) is 8.94. The summed E-state index contributed by atoms with van der Waals surface area (Å²) in [6, 6.07) is 3.61. The highest BCUT2D eigenvalue weighted by Gasteiger charge is 2.27. The molecule has 1 saturated heterocycles. The minimum atomic E-state index is -3.56. The van der Waals surface area contributed by atoms with E-state index in [2.05, 4.69) is 10.0 Å². The van der Waals surface area contributed by atoms with E-state index in [1.54, 1.807) is 12.1 Å². The third kappa shape index (κ3) is 7.16. The van der Waals surface area contributed by atoms with Crippen molar-refractivity contribution in [3.05, 3.63) is 29.6 Å². The Labute approximate surface area is 188 Å². The van der Waals surface area contributed by atoms with E-state index in [4.69, 9.17) is 4.74 Å². The van der Waals surface area contributed by atoms with Gasteiger partial charge < -0.3 is 9.64 Å². The molecule has 1 aliphatic heterocycles. The van der Waals surface area contributed by atoms with Crippen LogP contribution in [0.3, 0.4) is 0 Å². The zero-order chi connectivity index (χ0) is 23.3. The molecule has 0 radical (unpaired) electrons. The normalized spacial score (nSPS) is 17.7. The number of hydrogen-bond donors (Lipinski definition) is 2. The lowest BCUT2D eigenvalue weighted by Crippen LogP contribution is -2.33. The minimum Gasteiger partial charge on any atom is -0.490 e. The van der Waals surface area contributed by atoms with Crippen LogP contribution in [0, 0.1) is 17.7 Å². The lowest BCUT2D eigenvalue weighted by molar-refractivity contribution is -0.118. The molecule has 8 nitrogen and oxygen atoms in total. The van der Waals surface area contributed by atoms with Gasteiger partial charge in [0.1, 0.15) is 6.54 Å². The fourth-order valence-electron chi connectivity index (χ4n) is 3.59. The molecule has 1 aromatic carbocycles. The van der Waals surface area contributed by atoms with Crippen molar-refractivity contribution >= 4 is 22.0 Å². The van der Waals surface area contributed by atoms with E-state index in [0.717, 1.165) is 12.8 Å². The first kappa shape index (κ1) is 24.4. The SMILES string of the molecule is CC(C)[C@H](NS(=O)(=O)CCCCCN1CC(=O)NC1=O)c1ccc(F)c(OCC2CC2)c1. The van der Waals surface area contributed by atoms with Gasteiger partial charge in [0.2, 0.25) is 15.9 Å². The van der Waals surface area contributed by atoms with E-state index in [1.807, 2.05) is 13.8 Å². The summed E-state index contributed by atoms with van der Waals surface area (Å²) < 4.78 is 47.8. The monoisotopic (exact) mass is 469 g/mol. The number of halogens is 1. The van der Waals surface area contributed by atoms with E-state index in [9.17, 15) is 22.4 Å². The summed E-state index contributed by atoms with van der Waals surface area (Å²) in [5.41, 5.74) is 0.667. The molecule has 32 heavy (non-hydrogen) atoms. The zero-order valence-corrected chi connectivity index (χ0v) is 19.4. The predicted molar refractivity (Wildman–Crippen MR) is 118 cm³/mol. The highest BCUT2D eigenvalue weighted by Crippen LogP contribution is 2.32. The van der Waals surface area contributed by atoms with Crippen molar-refractivity contribution in [1.29, 1.82) is 0 Å². The minimum absolute atomic E-state index is 0.0438. The van der Waals surface area contributed by atoms with Gasteiger partial charge in [0.15, 0.2) is 11.6 Å². The number of nitrogens with zero attached hydrogens (tertiary/aromatic N) is 1. The first-order valence-corrected chi connectivity index (χ1v) is 12.8. The summed E-state index contributed by atoms with van der Waals surface area (Å²) in [5, 5.41) is 2.21. The highest BCUT2D eigenvalue weighted by molar-refractivity contribution is 7.89. The maximum atomic E-state index is 14.1. The molecule has 2 aliphatic rings. The van der Waals surface area contributed by atoms with Gasteiger partial charge in [0, 0.05) is 12.6 Å². The molecular formula is C22H32FN3O5S. The molecule has 1 aromatic rings. The molecule has 0 spiro atoms. The van der Waals surface area contributed by atoms with Crippen LogP contribution in [0.1, 0.15) is 57.6 Å². The Morgan fingerprint density at radius 3 is 2.59 bits per heavy atom. The maximum absolute atomic E-state index is 14.1. The summed E-state index contributed by atoms with van der Waals surface area (Å²) in [7, 11) is -3.56. The Morgan fingerprint density at radius 1 is 1.22 bits per heavy atom. The van der Waals surface area contributed by atoms with Crippen LogP contribution in [0.5, 0.6) is 5.75 Å². The van der Waals surface area contributed by atoms with Crippen LogP contribution in [0.25, 0.3) is 0 Å². The Morgan fingerprint density at radius 2 is 1.97 bits per heavy atom. The van der Waals surface area contributed by atoms with E-state index in [1.165, 1.54) is 11.0 Å². The molecule has 3 rings (SSSR count). The molecule has 1 heterocycles. The van der Waals surface area contributed by atoms with Crippen LogP contribution in [-0.4, -0.2) is 50.7 Å². The van der Waals surface area contributed by atoms with Gasteiger partial charge in [-0.1, -0.05) is 26.3 Å². The molecule has 10 heteroatoms. The standard InChI is InChI=1S/C22H32FN3O5S/c1-15(2)21(17-8-9-18(23)19(12-17)31-14-16-6-7-16)25-32(29,30)11-5-3-4-10-26-13-20(27)24-22(26)28/h8-9,12,15-16,21,25H,3-7,10-11,13-14H2,1-2H3,(H,24,27,28)/t21-/m0/s1. The van der Waals surface area contributed by atoms with Crippen molar-refractivity contribution in [2.75, 3.05) is 25.4 Å². The number of carbonyl (C=O) groups is 2. The molecule has 2 N–H and O–H groups in total. The molecule has 1 saturated carbocycles. The molecule has 2 fully saturated rings. The molecule has 0 bridgehead atoms. The van der Waals surface area contributed by atoms with Gasteiger partial charge in [-0.15, -0.1) is 0 Å². The topological polar surface area (TPSA) is 105 Å². The lowest BCUT2D eigenvalue weighted by Gasteiger charge is -2.23. The van der Waals surface area contributed by atoms with Gasteiger partial charge in [-0.25, -0.2) is 22.3 Å². The smallest absolute Gasteiger partial charge is 0.324 e. The van der Waals surface area contributed by atoms with Crippen LogP contribution in [0.2, 0.25) is 0 Å². The zero-order valence-electron chi connectivity index (χ0n) is 18.6. The van der Waals surface area contributed by atoms with Gasteiger partial charge in [-0.05, 0) is 55.2 Å². The second kappa shape index (κ2) is 10.6. The Kier molecular flexibility index (Phi) is 8.10. The molecule has 0 unspecified atom stereocenters. The van der Waals surface area contributed by atoms with Crippen LogP contribution >= 0.6 is 0 Å². The first-order valence-electron chi connectivity index (χ1n) is 11.2. The van der Waals surface area contributed by atoms with Crippen molar-refractivity contribution in [3.8, 4) is 5.75 Å². The maximum Gasteiger partial charge on any atom is 0.324 e. The summed E-state index contributed by atoms with van der Waals surface area (Å²) in [4.78, 5) is 24.1.